The van der Waals surface area contributed by atoms with Crippen molar-refractivity contribution in [2.24, 2.45) is 0 Å². The summed E-state index contributed by atoms with van der Waals surface area (Å²) in [6.45, 7) is 9.87. The molecule has 0 aromatic heterocycles. The summed E-state index contributed by atoms with van der Waals surface area (Å²) in [4.78, 5) is 23.4. The van der Waals surface area contributed by atoms with Crippen molar-refractivity contribution >= 4 is 29.4 Å². The number of aryl methyl sites for hydroxylation is 2. The van der Waals surface area contributed by atoms with E-state index in [4.69, 9.17) is 4.74 Å². The van der Waals surface area contributed by atoms with Gasteiger partial charge in [-0.3, -0.25) is 4.79 Å². The van der Waals surface area contributed by atoms with Crippen LogP contribution in [0.5, 0.6) is 0 Å². The minimum absolute atomic E-state index is 0.0373. The van der Waals surface area contributed by atoms with Crippen LogP contribution in [-0.2, 0) is 9.53 Å². The number of alkyl carbamates (subject to hydrolysis) is 1. The zero-order valence-corrected chi connectivity index (χ0v) is 15.3. The maximum atomic E-state index is 12.0. The molecular weight excluding hydrogens is 312 g/mol. The molecular formula is C17H26N2O3S. The van der Waals surface area contributed by atoms with E-state index in [-0.39, 0.29) is 5.91 Å². The number of carbonyl (C=O) groups excluding carboxylic acids is 2. The second kappa shape index (κ2) is 8.82. The number of thioether (sulfide) groups is 1. The highest BCUT2D eigenvalue weighted by Gasteiger charge is 2.15. The van der Waals surface area contributed by atoms with Gasteiger partial charge in [-0.05, 0) is 45.7 Å². The maximum Gasteiger partial charge on any atom is 0.407 e. The molecule has 0 unspecified atom stereocenters. The Morgan fingerprint density at radius 2 is 1.78 bits per heavy atom. The van der Waals surface area contributed by atoms with Crippen LogP contribution in [0, 0.1) is 13.8 Å². The molecule has 6 heteroatoms. The van der Waals surface area contributed by atoms with Crippen molar-refractivity contribution in [2.45, 2.75) is 40.2 Å². The van der Waals surface area contributed by atoms with Crippen LogP contribution in [0.2, 0.25) is 0 Å². The third kappa shape index (κ3) is 7.93. The van der Waals surface area contributed by atoms with Crippen LogP contribution in [0.25, 0.3) is 0 Å². The van der Waals surface area contributed by atoms with Gasteiger partial charge in [0.2, 0.25) is 5.91 Å². The first-order valence-corrected chi connectivity index (χ1v) is 8.75. The summed E-state index contributed by atoms with van der Waals surface area (Å²) in [6, 6.07) is 5.92. The third-order valence-electron chi connectivity index (χ3n) is 2.89. The fourth-order valence-corrected chi connectivity index (χ4v) is 2.54. The van der Waals surface area contributed by atoms with E-state index in [1.807, 2.05) is 52.8 Å². The summed E-state index contributed by atoms with van der Waals surface area (Å²) in [5.74, 6) is 0.966. The second-order valence-electron chi connectivity index (χ2n) is 6.30. The highest BCUT2D eigenvalue weighted by molar-refractivity contribution is 7.99. The molecule has 1 rings (SSSR count). The predicted octanol–water partition coefficient (Wildman–Crippen LogP) is 3.50. The molecule has 128 valence electrons. The Morgan fingerprint density at radius 3 is 2.35 bits per heavy atom. The Bertz CT molecular complexity index is 533. The first-order valence-electron chi connectivity index (χ1n) is 7.59. The quantitative estimate of drug-likeness (QED) is 0.779. The van der Waals surface area contributed by atoms with E-state index in [1.165, 1.54) is 11.8 Å². The highest BCUT2D eigenvalue weighted by atomic mass is 32.2. The van der Waals surface area contributed by atoms with Gasteiger partial charge in [0.25, 0.3) is 0 Å². The van der Waals surface area contributed by atoms with Crippen molar-refractivity contribution in [3.8, 4) is 0 Å². The molecule has 1 aromatic carbocycles. The molecule has 0 radical (unpaired) electrons. The van der Waals surface area contributed by atoms with E-state index >= 15 is 0 Å². The van der Waals surface area contributed by atoms with Gasteiger partial charge in [0.15, 0.2) is 0 Å². The van der Waals surface area contributed by atoms with Crippen LogP contribution in [0.4, 0.5) is 10.5 Å². The summed E-state index contributed by atoms with van der Waals surface area (Å²) in [6.07, 6.45) is -0.432. The topological polar surface area (TPSA) is 67.4 Å². The molecule has 2 N–H and O–H groups in total. The SMILES string of the molecule is Cc1cccc(C)c1NC(=O)CSCCNC(=O)OC(C)(C)C. The lowest BCUT2D eigenvalue weighted by Crippen LogP contribution is -2.33. The lowest BCUT2D eigenvalue weighted by atomic mass is 10.1. The Balaban J connectivity index is 2.24. The van der Waals surface area contributed by atoms with E-state index in [0.717, 1.165) is 16.8 Å². The first kappa shape index (κ1) is 19.4. The summed E-state index contributed by atoms with van der Waals surface area (Å²) in [5.41, 5.74) is 2.48. The monoisotopic (exact) mass is 338 g/mol. The molecule has 0 atom stereocenters. The fraction of sp³-hybridized carbons (Fsp3) is 0.529. The molecule has 0 aliphatic heterocycles. The van der Waals surface area contributed by atoms with Gasteiger partial charge in [-0.2, -0.15) is 11.8 Å². The van der Waals surface area contributed by atoms with Crippen LogP contribution in [-0.4, -0.2) is 35.7 Å². The van der Waals surface area contributed by atoms with Gasteiger partial charge in [-0.15, -0.1) is 0 Å². The molecule has 0 heterocycles. The minimum atomic E-state index is -0.498. The molecule has 0 spiro atoms. The zero-order chi connectivity index (χ0) is 17.5. The smallest absolute Gasteiger partial charge is 0.407 e. The van der Waals surface area contributed by atoms with Gasteiger partial charge in [-0.25, -0.2) is 4.79 Å². The number of nitrogens with one attached hydrogen (secondary N) is 2. The molecule has 1 aromatic rings. The number of anilines is 1. The second-order valence-corrected chi connectivity index (χ2v) is 7.40. The molecule has 0 bridgehead atoms. The molecule has 0 saturated carbocycles. The molecule has 0 aliphatic carbocycles. The van der Waals surface area contributed by atoms with E-state index in [2.05, 4.69) is 10.6 Å². The number of benzene rings is 1. The summed E-state index contributed by atoms with van der Waals surface area (Å²) in [5, 5.41) is 5.60. The van der Waals surface area contributed by atoms with Crippen LogP contribution in [0.15, 0.2) is 18.2 Å². The Morgan fingerprint density at radius 1 is 1.17 bits per heavy atom. The van der Waals surface area contributed by atoms with E-state index in [9.17, 15) is 9.59 Å². The van der Waals surface area contributed by atoms with Gasteiger partial charge < -0.3 is 15.4 Å². The number of ether oxygens (including phenoxy) is 1. The Labute approximate surface area is 142 Å². The number of rotatable bonds is 6. The van der Waals surface area contributed by atoms with Crippen molar-refractivity contribution in [3.63, 3.8) is 0 Å². The number of hydrogen-bond acceptors (Lipinski definition) is 4. The molecule has 5 nitrogen and oxygen atoms in total. The first-order chi connectivity index (χ1) is 10.7. The lowest BCUT2D eigenvalue weighted by Gasteiger charge is -2.19. The molecule has 0 fully saturated rings. The third-order valence-corrected chi connectivity index (χ3v) is 3.85. The summed E-state index contributed by atoms with van der Waals surface area (Å²) < 4.78 is 5.13. The van der Waals surface area contributed by atoms with Crippen LogP contribution >= 0.6 is 11.8 Å². The van der Waals surface area contributed by atoms with Gasteiger partial charge in [0.1, 0.15) is 5.60 Å². The van der Waals surface area contributed by atoms with Gasteiger partial charge in [-0.1, -0.05) is 18.2 Å². The van der Waals surface area contributed by atoms with Gasteiger partial charge in [0, 0.05) is 18.0 Å². The van der Waals surface area contributed by atoms with Crippen molar-refractivity contribution in [3.05, 3.63) is 29.3 Å². The van der Waals surface area contributed by atoms with E-state index in [0.29, 0.717) is 18.1 Å². The van der Waals surface area contributed by atoms with Crippen molar-refractivity contribution < 1.29 is 14.3 Å². The molecule has 0 aliphatic rings. The molecule has 0 saturated heterocycles. The van der Waals surface area contributed by atoms with E-state index < -0.39 is 11.7 Å². The standard InChI is InChI=1S/C17H26N2O3S/c1-12-7-6-8-13(2)15(12)19-14(20)11-23-10-9-18-16(21)22-17(3,4)5/h6-8H,9-11H2,1-5H3,(H,18,21)(H,19,20). The summed E-state index contributed by atoms with van der Waals surface area (Å²) >= 11 is 1.47. The van der Waals surface area contributed by atoms with Crippen molar-refractivity contribution in [1.82, 2.24) is 5.32 Å². The normalized spacial score (nSPS) is 11.0. The summed E-state index contributed by atoms with van der Waals surface area (Å²) in [7, 11) is 0. The number of amides is 2. The number of hydrogen-bond donors (Lipinski definition) is 2. The zero-order valence-electron chi connectivity index (χ0n) is 14.5. The average Bonchev–Trinajstić information content (AvgIpc) is 2.40. The van der Waals surface area contributed by atoms with Crippen molar-refractivity contribution in [2.75, 3.05) is 23.4 Å². The average molecular weight is 338 g/mol. The van der Waals surface area contributed by atoms with Crippen LogP contribution < -0.4 is 10.6 Å². The van der Waals surface area contributed by atoms with Gasteiger partial charge in [0.05, 0.1) is 5.75 Å². The largest absolute Gasteiger partial charge is 0.444 e. The predicted molar refractivity (Wildman–Crippen MR) is 96.1 cm³/mol. The highest BCUT2D eigenvalue weighted by Crippen LogP contribution is 2.19. The number of para-hydroxylation sites is 1. The van der Waals surface area contributed by atoms with E-state index in [1.54, 1.807) is 0 Å². The molecule has 23 heavy (non-hydrogen) atoms. The fourth-order valence-electron chi connectivity index (χ4n) is 1.89. The van der Waals surface area contributed by atoms with Crippen LogP contribution in [0.1, 0.15) is 31.9 Å². The minimum Gasteiger partial charge on any atom is -0.444 e. The van der Waals surface area contributed by atoms with Gasteiger partial charge >= 0.3 is 6.09 Å². The Kier molecular flexibility index (Phi) is 7.42. The maximum absolute atomic E-state index is 12.0. The van der Waals surface area contributed by atoms with Crippen LogP contribution in [0.3, 0.4) is 0 Å². The lowest BCUT2D eigenvalue weighted by molar-refractivity contribution is -0.113. The number of carbonyl (C=O) groups is 2. The Hall–Kier alpha value is -1.69. The van der Waals surface area contributed by atoms with Crippen molar-refractivity contribution in [1.29, 1.82) is 0 Å². The molecule has 2 amide bonds.